The van der Waals surface area contributed by atoms with Gasteiger partial charge in [-0.3, -0.25) is 0 Å². The zero-order valence-electron chi connectivity index (χ0n) is 15.8. The van der Waals surface area contributed by atoms with Crippen molar-refractivity contribution in [3.8, 4) is 0 Å². The molecule has 0 radical (unpaired) electrons. The molecule has 0 amide bonds. The molecule has 2 heterocycles. The van der Waals surface area contributed by atoms with Crippen molar-refractivity contribution < 1.29 is 22.1 Å². The van der Waals surface area contributed by atoms with E-state index in [4.69, 9.17) is 9.26 Å². The lowest BCUT2D eigenvalue weighted by molar-refractivity contribution is 0.151. The summed E-state index contributed by atoms with van der Waals surface area (Å²) in [4.78, 5) is 4.50. The maximum Gasteiger partial charge on any atom is 0.252 e. The van der Waals surface area contributed by atoms with Gasteiger partial charge in [0.25, 0.3) is 5.89 Å². The lowest BCUT2D eigenvalue weighted by atomic mass is 9.74. The van der Waals surface area contributed by atoms with Crippen LogP contribution in [0.1, 0.15) is 43.8 Å². The summed E-state index contributed by atoms with van der Waals surface area (Å²) in [6, 6.07) is 5.15. The van der Waals surface area contributed by atoms with Gasteiger partial charge in [0.15, 0.2) is 5.82 Å². The van der Waals surface area contributed by atoms with Crippen molar-refractivity contribution in [2.24, 2.45) is 5.92 Å². The van der Waals surface area contributed by atoms with Crippen LogP contribution in [-0.2, 0) is 26.8 Å². The second kappa shape index (κ2) is 7.53. The molecule has 1 aromatic carbocycles. The number of hydrogen-bond acceptors (Lipinski definition) is 6. The van der Waals surface area contributed by atoms with Crippen molar-refractivity contribution >= 4 is 10.0 Å². The van der Waals surface area contributed by atoms with Gasteiger partial charge in [-0.15, -0.1) is 0 Å². The maximum atomic E-state index is 13.5. The van der Waals surface area contributed by atoms with Gasteiger partial charge >= 0.3 is 0 Å². The standard InChI is InChI=1S/C19H24FN3O4S/c1-26-13-17-21-18(22-27-17)19(12-14-5-6-14)7-9-23(10-8-19)28(24,25)16-4-2-3-15(20)11-16/h2-4,11,14H,5-10,12-13H2,1H3. The van der Waals surface area contributed by atoms with Gasteiger partial charge in [-0.05, 0) is 43.4 Å². The van der Waals surface area contributed by atoms with Crippen LogP contribution >= 0.6 is 0 Å². The number of benzene rings is 1. The Balaban J connectivity index is 1.54. The van der Waals surface area contributed by atoms with Crippen molar-refractivity contribution in [2.75, 3.05) is 20.2 Å². The molecule has 0 bridgehead atoms. The summed E-state index contributed by atoms with van der Waals surface area (Å²) in [6.07, 6.45) is 4.55. The number of rotatable bonds is 7. The predicted octanol–water partition coefficient (Wildman–Crippen LogP) is 2.88. The molecule has 0 spiro atoms. The van der Waals surface area contributed by atoms with Crippen LogP contribution in [0.2, 0.25) is 0 Å². The number of methoxy groups -OCH3 is 1. The minimum Gasteiger partial charge on any atom is -0.375 e. The summed E-state index contributed by atoms with van der Waals surface area (Å²) in [7, 11) is -2.16. The zero-order valence-corrected chi connectivity index (χ0v) is 16.6. The van der Waals surface area contributed by atoms with Crippen LogP contribution in [0.25, 0.3) is 0 Å². The molecule has 152 valence electrons. The Kier molecular flexibility index (Phi) is 5.24. The van der Waals surface area contributed by atoms with Crippen molar-refractivity contribution in [3.63, 3.8) is 0 Å². The number of halogens is 1. The van der Waals surface area contributed by atoms with E-state index in [1.165, 1.54) is 35.3 Å². The van der Waals surface area contributed by atoms with E-state index in [0.29, 0.717) is 43.6 Å². The molecule has 2 aromatic rings. The molecule has 1 aromatic heterocycles. The van der Waals surface area contributed by atoms with Crippen molar-refractivity contribution in [2.45, 2.75) is 49.0 Å². The molecular weight excluding hydrogens is 385 g/mol. The Hall–Kier alpha value is -1.84. The second-order valence-corrected chi connectivity index (χ2v) is 9.67. The van der Waals surface area contributed by atoms with E-state index in [2.05, 4.69) is 10.1 Å². The molecule has 1 aliphatic heterocycles. The van der Waals surface area contributed by atoms with E-state index >= 15 is 0 Å². The van der Waals surface area contributed by atoms with Gasteiger partial charge in [0.1, 0.15) is 12.4 Å². The average molecular weight is 409 g/mol. The molecule has 2 aliphatic rings. The third kappa shape index (κ3) is 3.83. The van der Waals surface area contributed by atoms with Gasteiger partial charge in [0.05, 0.1) is 4.90 Å². The first-order valence-corrected chi connectivity index (χ1v) is 10.9. The van der Waals surface area contributed by atoms with Crippen LogP contribution in [0.5, 0.6) is 0 Å². The molecule has 0 atom stereocenters. The van der Waals surface area contributed by atoms with Crippen LogP contribution in [0, 0.1) is 11.7 Å². The maximum absolute atomic E-state index is 13.5. The molecule has 0 N–H and O–H groups in total. The quantitative estimate of drug-likeness (QED) is 0.699. The van der Waals surface area contributed by atoms with Gasteiger partial charge in [-0.25, -0.2) is 12.8 Å². The highest BCUT2D eigenvalue weighted by molar-refractivity contribution is 7.89. The van der Waals surface area contributed by atoms with E-state index in [9.17, 15) is 12.8 Å². The third-order valence-corrected chi connectivity index (χ3v) is 7.59. The van der Waals surface area contributed by atoms with Crippen LogP contribution in [-0.4, -0.2) is 43.1 Å². The van der Waals surface area contributed by atoms with E-state index in [0.717, 1.165) is 12.5 Å². The minimum atomic E-state index is -3.72. The lowest BCUT2D eigenvalue weighted by Gasteiger charge is -2.39. The molecule has 1 saturated carbocycles. The van der Waals surface area contributed by atoms with Gasteiger partial charge in [0.2, 0.25) is 10.0 Å². The molecule has 28 heavy (non-hydrogen) atoms. The van der Waals surface area contributed by atoms with E-state index in [1.54, 1.807) is 7.11 Å². The summed E-state index contributed by atoms with van der Waals surface area (Å²) >= 11 is 0. The Morgan fingerprint density at radius 2 is 2.07 bits per heavy atom. The minimum absolute atomic E-state index is 0.0101. The number of sulfonamides is 1. The van der Waals surface area contributed by atoms with Crippen LogP contribution in [0.3, 0.4) is 0 Å². The Bertz CT molecular complexity index is 934. The number of piperidine rings is 1. The monoisotopic (exact) mass is 409 g/mol. The largest absolute Gasteiger partial charge is 0.375 e. The molecule has 1 aliphatic carbocycles. The normalized spacial score (nSPS) is 20.4. The second-order valence-electron chi connectivity index (χ2n) is 7.73. The van der Waals surface area contributed by atoms with Crippen LogP contribution < -0.4 is 0 Å². The number of ether oxygens (including phenoxy) is 1. The summed E-state index contributed by atoms with van der Waals surface area (Å²) in [5.74, 6) is 1.16. The van der Waals surface area contributed by atoms with E-state index < -0.39 is 15.8 Å². The predicted molar refractivity (Wildman–Crippen MR) is 98.4 cm³/mol. The first-order valence-electron chi connectivity index (χ1n) is 9.51. The summed E-state index contributed by atoms with van der Waals surface area (Å²) < 4.78 is 51.1. The Labute approximate surface area is 163 Å². The topological polar surface area (TPSA) is 85.5 Å². The number of aromatic nitrogens is 2. The Morgan fingerprint density at radius 3 is 2.71 bits per heavy atom. The SMILES string of the molecule is COCc1nc(C2(CC3CC3)CCN(S(=O)(=O)c3cccc(F)c3)CC2)no1. The summed E-state index contributed by atoms with van der Waals surface area (Å²) in [5, 5.41) is 4.18. The van der Waals surface area contributed by atoms with Crippen molar-refractivity contribution in [1.82, 2.24) is 14.4 Å². The highest BCUT2D eigenvalue weighted by atomic mass is 32.2. The first-order chi connectivity index (χ1) is 13.4. The molecule has 9 heteroatoms. The van der Waals surface area contributed by atoms with E-state index in [1.807, 2.05) is 0 Å². The molecule has 7 nitrogen and oxygen atoms in total. The molecule has 4 rings (SSSR count). The summed E-state index contributed by atoms with van der Waals surface area (Å²) in [6.45, 7) is 0.950. The number of hydrogen-bond donors (Lipinski definition) is 0. The third-order valence-electron chi connectivity index (χ3n) is 5.70. The lowest BCUT2D eigenvalue weighted by Crippen LogP contribution is -2.46. The summed E-state index contributed by atoms with van der Waals surface area (Å²) in [5.41, 5.74) is -0.287. The van der Waals surface area contributed by atoms with Crippen molar-refractivity contribution in [1.29, 1.82) is 0 Å². The molecule has 1 saturated heterocycles. The zero-order chi connectivity index (χ0) is 19.8. The molecule has 2 fully saturated rings. The van der Waals surface area contributed by atoms with Gasteiger partial charge < -0.3 is 9.26 Å². The fourth-order valence-corrected chi connectivity index (χ4v) is 5.45. The Morgan fingerprint density at radius 1 is 1.32 bits per heavy atom. The van der Waals surface area contributed by atoms with Crippen LogP contribution in [0.4, 0.5) is 4.39 Å². The van der Waals surface area contributed by atoms with Crippen LogP contribution in [0.15, 0.2) is 33.7 Å². The van der Waals surface area contributed by atoms with Gasteiger partial charge in [0, 0.05) is 25.6 Å². The first kappa shape index (κ1) is 19.5. The van der Waals surface area contributed by atoms with Crippen molar-refractivity contribution in [3.05, 3.63) is 41.8 Å². The average Bonchev–Trinajstić information content (AvgIpc) is 3.36. The molecular formula is C19H24FN3O4S. The highest BCUT2D eigenvalue weighted by Crippen LogP contribution is 2.47. The van der Waals surface area contributed by atoms with Gasteiger partial charge in [-0.1, -0.05) is 24.1 Å². The number of nitrogens with zero attached hydrogens (tertiary/aromatic N) is 3. The highest BCUT2D eigenvalue weighted by Gasteiger charge is 2.46. The fourth-order valence-electron chi connectivity index (χ4n) is 3.98. The fraction of sp³-hybridized carbons (Fsp3) is 0.579. The van der Waals surface area contributed by atoms with Gasteiger partial charge in [-0.2, -0.15) is 9.29 Å². The van der Waals surface area contributed by atoms with E-state index in [-0.39, 0.29) is 16.9 Å². The molecule has 0 unspecified atom stereocenters. The smallest absolute Gasteiger partial charge is 0.252 e.